The molecule has 1 unspecified atom stereocenters. The molecule has 182 valence electrons. The molecule has 1 N–H and O–H groups in total. The molecule has 1 atom stereocenters. The first-order chi connectivity index (χ1) is 17.0. The van der Waals surface area contributed by atoms with Crippen molar-refractivity contribution in [2.75, 3.05) is 12.0 Å². The van der Waals surface area contributed by atoms with Crippen molar-refractivity contribution in [1.82, 2.24) is 10.3 Å². The first kappa shape index (κ1) is 24.4. The summed E-state index contributed by atoms with van der Waals surface area (Å²) in [5.74, 6) is -0.729. The Hall–Kier alpha value is -3.74. The van der Waals surface area contributed by atoms with Crippen molar-refractivity contribution < 1.29 is 18.7 Å². The summed E-state index contributed by atoms with van der Waals surface area (Å²) in [5.41, 5.74) is 1.44. The van der Waals surface area contributed by atoms with Crippen LogP contribution in [0.2, 0.25) is 0 Å². The van der Waals surface area contributed by atoms with Gasteiger partial charge in [-0.15, -0.1) is 0 Å². The van der Waals surface area contributed by atoms with E-state index in [1.807, 2.05) is 0 Å². The van der Waals surface area contributed by atoms with Gasteiger partial charge in [-0.2, -0.15) is 0 Å². The zero-order chi connectivity index (χ0) is 24.8. The van der Waals surface area contributed by atoms with Gasteiger partial charge in [-0.1, -0.05) is 43.5 Å². The minimum atomic E-state index is -1.05. The number of carbonyl (C=O) groups excluding carboxylic acids is 2. The maximum atomic E-state index is 14.7. The first-order valence-electron chi connectivity index (χ1n) is 11.9. The highest BCUT2D eigenvalue weighted by Gasteiger charge is 2.35. The fraction of sp³-hybridized carbons (Fsp3) is 0.321. The highest BCUT2D eigenvalue weighted by atomic mass is 19.1. The summed E-state index contributed by atoms with van der Waals surface area (Å²) in [6, 6.07) is 15.6. The van der Waals surface area contributed by atoms with E-state index in [0.717, 1.165) is 32.1 Å². The van der Waals surface area contributed by atoms with Gasteiger partial charge in [-0.25, -0.2) is 4.39 Å². The minimum absolute atomic E-state index is 0.0333. The van der Waals surface area contributed by atoms with Crippen molar-refractivity contribution in [3.8, 4) is 5.75 Å². The van der Waals surface area contributed by atoms with Gasteiger partial charge in [0.1, 0.15) is 23.3 Å². The van der Waals surface area contributed by atoms with Crippen LogP contribution < -0.4 is 15.0 Å². The molecule has 7 heteroatoms. The third-order valence-electron chi connectivity index (χ3n) is 6.40. The number of nitrogens with one attached hydrogen (secondary N) is 1. The summed E-state index contributed by atoms with van der Waals surface area (Å²) in [7, 11) is 1.54. The largest absolute Gasteiger partial charge is 0.497 e. The Morgan fingerprint density at radius 3 is 2.54 bits per heavy atom. The van der Waals surface area contributed by atoms with E-state index in [0.29, 0.717) is 16.9 Å². The average molecular weight is 476 g/mol. The van der Waals surface area contributed by atoms with Crippen LogP contribution in [0.15, 0.2) is 66.9 Å². The Balaban J connectivity index is 1.84. The Morgan fingerprint density at radius 2 is 1.86 bits per heavy atom. The van der Waals surface area contributed by atoms with E-state index in [2.05, 4.69) is 10.3 Å². The van der Waals surface area contributed by atoms with E-state index in [1.165, 1.54) is 17.2 Å². The van der Waals surface area contributed by atoms with Crippen LogP contribution in [0, 0.1) is 12.7 Å². The lowest BCUT2D eigenvalue weighted by molar-refractivity contribution is -0.123. The standard InChI is InChI=1S/C28H30FN3O3/c1-19-14-15-22(18-24(19)29)32(28(34)25-13-6-7-16-30-25)26(20-9-8-12-23(17-20)35-2)27(33)31-21-10-4-3-5-11-21/h6-9,12-18,21,26H,3-5,10-11H2,1-2H3,(H,31,33). The number of rotatable bonds is 7. The molecule has 1 saturated carbocycles. The molecule has 1 aliphatic rings. The molecule has 1 fully saturated rings. The Morgan fingerprint density at radius 1 is 1.06 bits per heavy atom. The van der Waals surface area contributed by atoms with Gasteiger partial charge >= 0.3 is 0 Å². The van der Waals surface area contributed by atoms with Crippen molar-refractivity contribution in [2.45, 2.75) is 51.1 Å². The number of hydrogen-bond acceptors (Lipinski definition) is 4. The number of pyridine rings is 1. The Labute approximate surface area is 205 Å². The molecule has 1 aliphatic carbocycles. The number of ether oxygens (including phenoxy) is 1. The number of aryl methyl sites for hydroxylation is 1. The summed E-state index contributed by atoms with van der Waals surface area (Å²) >= 11 is 0. The van der Waals surface area contributed by atoms with Crippen LogP contribution in [0.4, 0.5) is 10.1 Å². The molecule has 0 aliphatic heterocycles. The molecule has 1 aromatic heterocycles. The molecule has 0 saturated heterocycles. The van der Waals surface area contributed by atoms with Crippen LogP contribution in [-0.4, -0.2) is 29.9 Å². The molecule has 1 heterocycles. The number of benzene rings is 2. The van der Waals surface area contributed by atoms with Gasteiger partial charge in [0, 0.05) is 17.9 Å². The van der Waals surface area contributed by atoms with Crippen LogP contribution in [0.1, 0.15) is 59.8 Å². The van der Waals surface area contributed by atoms with Gasteiger partial charge in [-0.05, 0) is 67.3 Å². The fourth-order valence-corrected chi connectivity index (χ4v) is 4.48. The normalized spacial score (nSPS) is 14.7. The highest BCUT2D eigenvalue weighted by Crippen LogP contribution is 2.32. The second-order valence-electron chi connectivity index (χ2n) is 8.85. The number of halogens is 1. The number of aromatic nitrogens is 1. The Kier molecular flexibility index (Phi) is 7.75. The van der Waals surface area contributed by atoms with E-state index < -0.39 is 17.8 Å². The van der Waals surface area contributed by atoms with Crippen LogP contribution in [0.5, 0.6) is 5.75 Å². The monoisotopic (exact) mass is 475 g/mol. The molecule has 0 radical (unpaired) electrons. The second kappa shape index (κ2) is 11.1. The predicted octanol–water partition coefficient (Wildman–Crippen LogP) is 5.37. The smallest absolute Gasteiger partial charge is 0.277 e. The average Bonchev–Trinajstić information content (AvgIpc) is 2.89. The molecule has 6 nitrogen and oxygen atoms in total. The number of amides is 2. The summed E-state index contributed by atoms with van der Waals surface area (Å²) in [4.78, 5) is 33.2. The van der Waals surface area contributed by atoms with Crippen LogP contribution in [-0.2, 0) is 4.79 Å². The third kappa shape index (κ3) is 5.67. The van der Waals surface area contributed by atoms with Crippen molar-refractivity contribution in [2.24, 2.45) is 0 Å². The molecule has 35 heavy (non-hydrogen) atoms. The minimum Gasteiger partial charge on any atom is -0.497 e. The number of carbonyl (C=O) groups is 2. The van der Waals surface area contributed by atoms with Crippen molar-refractivity contribution >= 4 is 17.5 Å². The summed E-state index contributed by atoms with van der Waals surface area (Å²) in [6.07, 6.45) is 6.55. The molecule has 2 amide bonds. The molecular weight excluding hydrogens is 445 g/mol. The molecule has 4 rings (SSSR count). The molecule has 0 spiro atoms. The number of methoxy groups -OCH3 is 1. The number of anilines is 1. The van der Waals surface area contributed by atoms with Gasteiger partial charge < -0.3 is 10.1 Å². The molecule has 0 bridgehead atoms. The van der Waals surface area contributed by atoms with Gasteiger partial charge in [0.15, 0.2) is 0 Å². The number of hydrogen-bond donors (Lipinski definition) is 1. The molecular formula is C28H30FN3O3. The lowest BCUT2D eigenvalue weighted by Gasteiger charge is -2.33. The lowest BCUT2D eigenvalue weighted by Crippen LogP contribution is -2.47. The van der Waals surface area contributed by atoms with Gasteiger partial charge in [-0.3, -0.25) is 19.5 Å². The highest BCUT2D eigenvalue weighted by molar-refractivity contribution is 6.09. The van der Waals surface area contributed by atoms with E-state index in [9.17, 15) is 14.0 Å². The van der Waals surface area contributed by atoms with E-state index in [-0.39, 0.29) is 23.3 Å². The Bertz CT molecular complexity index is 1180. The maximum absolute atomic E-state index is 14.7. The van der Waals surface area contributed by atoms with Gasteiger partial charge in [0.25, 0.3) is 5.91 Å². The van der Waals surface area contributed by atoms with Crippen LogP contribution in [0.25, 0.3) is 0 Å². The van der Waals surface area contributed by atoms with Crippen molar-refractivity contribution in [1.29, 1.82) is 0 Å². The van der Waals surface area contributed by atoms with Crippen LogP contribution in [0.3, 0.4) is 0 Å². The van der Waals surface area contributed by atoms with E-state index >= 15 is 0 Å². The van der Waals surface area contributed by atoms with Crippen LogP contribution >= 0.6 is 0 Å². The van der Waals surface area contributed by atoms with Crippen molar-refractivity contribution in [3.05, 3.63) is 89.5 Å². The predicted molar refractivity (Wildman–Crippen MR) is 133 cm³/mol. The fourth-order valence-electron chi connectivity index (χ4n) is 4.48. The van der Waals surface area contributed by atoms with Gasteiger partial charge in [0.05, 0.1) is 7.11 Å². The summed E-state index contributed by atoms with van der Waals surface area (Å²) in [6.45, 7) is 1.65. The molecule has 3 aromatic rings. The SMILES string of the molecule is COc1cccc(C(C(=O)NC2CCCCC2)N(C(=O)c2ccccn2)c2ccc(C)c(F)c2)c1. The first-order valence-corrected chi connectivity index (χ1v) is 11.9. The summed E-state index contributed by atoms with van der Waals surface area (Å²) < 4.78 is 20.1. The van der Waals surface area contributed by atoms with E-state index in [1.54, 1.807) is 68.6 Å². The quantitative estimate of drug-likeness (QED) is 0.498. The topological polar surface area (TPSA) is 71.5 Å². The zero-order valence-corrected chi connectivity index (χ0v) is 20.0. The second-order valence-corrected chi connectivity index (χ2v) is 8.85. The zero-order valence-electron chi connectivity index (χ0n) is 20.0. The van der Waals surface area contributed by atoms with Crippen molar-refractivity contribution in [3.63, 3.8) is 0 Å². The lowest BCUT2D eigenvalue weighted by atomic mass is 9.94. The number of nitrogens with zero attached hydrogens (tertiary/aromatic N) is 2. The third-order valence-corrected chi connectivity index (χ3v) is 6.40. The van der Waals surface area contributed by atoms with Gasteiger partial charge in [0.2, 0.25) is 5.91 Å². The van der Waals surface area contributed by atoms with E-state index in [4.69, 9.17) is 4.74 Å². The summed E-state index contributed by atoms with van der Waals surface area (Å²) in [5, 5.41) is 3.15. The maximum Gasteiger partial charge on any atom is 0.277 e. The molecule has 2 aromatic carbocycles.